The van der Waals surface area contributed by atoms with Gasteiger partial charge in [-0.1, -0.05) is 54.6 Å². The molecular weight excluding hydrogens is 568 g/mol. The first-order valence-corrected chi connectivity index (χ1v) is 15.2. The van der Waals surface area contributed by atoms with E-state index < -0.39 is 6.04 Å². The van der Waals surface area contributed by atoms with Crippen LogP contribution in [0.15, 0.2) is 85.1 Å². The first-order chi connectivity index (χ1) is 21.8. The lowest BCUT2D eigenvalue weighted by Crippen LogP contribution is -2.53. The van der Waals surface area contributed by atoms with Crippen molar-refractivity contribution in [3.05, 3.63) is 90.6 Å². The molecule has 1 saturated heterocycles. The van der Waals surface area contributed by atoms with Crippen LogP contribution in [0, 0.1) is 0 Å². The second-order valence-electron chi connectivity index (χ2n) is 11.5. The van der Waals surface area contributed by atoms with E-state index in [1.54, 1.807) is 19.1 Å². The Morgan fingerprint density at radius 2 is 1.53 bits per heavy atom. The zero-order chi connectivity index (χ0) is 31.9. The lowest BCUT2D eigenvalue weighted by atomic mass is 10.0. The van der Waals surface area contributed by atoms with Gasteiger partial charge in [0.1, 0.15) is 12.6 Å². The fourth-order valence-corrected chi connectivity index (χ4v) is 5.61. The van der Waals surface area contributed by atoms with Crippen LogP contribution in [0.4, 0.5) is 5.95 Å². The van der Waals surface area contributed by atoms with Gasteiger partial charge >= 0.3 is 0 Å². The van der Waals surface area contributed by atoms with Crippen molar-refractivity contribution in [1.29, 1.82) is 0 Å². The summed E-state index contributed by atoms with van der Waals surface area (Å²) in [6.07, 6.45) is 1.91. The average molecular weight is 611 g/mol. The Balaban J connectivity index is 1.43. The summed E-state index contributed by atoms with van der Waals surface area (Å²) in [5, 5.41) is 3.00. The van der Waals surface area contributed by atoms with E-state index in [-0.39, 0.29) is 24.4 Å². The van der Waals surface area contributed by atoms with E-state index in [2.05, 4.69) is 22.2 Å². The molecule has 0 bridgehead atoms. The molecule has 1 aromatic heterocycles. The maximum absolute atomic E-state index is 14.5. The van der Waals surface area contributed by atoms with E-state index in [0.717, 1.165) is 48.7 Å². The number of carbonyl (C=O) groups excluding carboxylic acids is 2. The average Bonchev–Trinajstić information content (AvgIpc) is 3.48. The highest BCUT2D eigenvalue weighted by Gasteiger charge is 2.35. The molecule has 1 fully saturated rings. The maximum atomic E-state index is 14.5. The smallest absolute Gasteiger partial charge is 0.246 e. The van der Waals surface area contributed by atoms with E-state index in [9.17, 15) is 9.59 Å². The number of hydrogen-bond acceptors (Lipinski definition) is 7. The highest BCUT2D eigenvalue weighted by Crippen LogP contribution is 2.34. The molecule has 1 aliphatic rings. The van der Waals surface area contributed by atoms with Crippen LogP contribution in [0.5, 0.6) is 11.5 Å². The molecular formula is C35H42N6O4. The number of hydrogen-bond donors (Lipinski definition) is 1. The highest BCUT2D eigenvalue weighted by molar-refractivity contribution is 5.95. The van der Waals surface area contributed by atoms with Gasteiger partial charge in [0.25, 0.3) is 0 Å². The first-order valence-electron chi connectivity index (χ1n) is 15.2. The highest BCUT2D eigenvalue weighted by atomic mass is 16.5. The fourth-order valence-electron chi connectivity index (χ4n) is 5.61. The molecule has 1 N–H and O–H groups in total. The Morgan fingerprint density at radius 1 is 0.889 bits per heavy atom. The number of amides is 2. The lowest BCUT2D eigenvalue weighted by Gasteiger charge is -2.40. The number of likely N-dealkylation sites (N-methyl/N-ethyl adjacent to an activating group) is 1. The Labute approximate surface area is 265 Å². The van der Waals surface area contributed by atoms with Crippen molar-refractivity contribution >= 4 is 17.8 Å². The molecule has 4 aromatic rings. The maximum Gasteiger partial charge on any atom is 0.246 e. The second-order valence-corrected chi connectivity index (χ2v) is 11.5. The number of benzene rings is 3. The minimum atomic E-state index is -0.593. The van der Waals surface area contributed by atoms with Crippen LogP contribution in [0.2, 0.25) is 0 Å². The summed E-state index contributed by atoms with van der Waals surface area (Å²) in [6.45, 7) is 6.84. The third-order valence-electron chi connectivity index (χ3n) is 8.14. The standard InChI is InChI=1S/C35H42N6O4/c1-25(2)40(34(43)33(39-20-18-38(3)19-21-39)27-16-17-30(44-4)31(22-27)45-5)24-32(42)37-35-36-29(26-12-8-6-9-13-26)23-41(35)28-14-10-7-11-15-28/h6-17,22-23,25,33H,18-21,24H2,1-5H3,(H,36,37,42). The SMILES string of the molecule is COc1ccc(C(C(=O)N(CC(=O)Nc2nc(-c3ccccc3)cn2-c2ccccc2)C(C)C)N2CCN(C)CC2)cc1OC. The monoisotopic (exact) mass is 610 g/mol. The Morgan fingerprint density at radius 3 is 2.16 bits per heavy atom. The number of aromatic nitrogens is 2. The normalized spacial score (nSPS) is 14.6. The number of nitrogens with one attached hydrogen (secondary N) is 1. The van der Waals surface area contributed by atoms with E-state index in [0.29, 0.717) is 17.4 Å². The molecule has 0 saturated carbocycles. The van der Waals surface area contributed by atoms with Gasteiger partial charge in [-0.15, -0.1) is 0 Å². The molecule has 236 valence electrons. The number of anilines is 1. The Hall–Kier alpha value is -4.67. The van der Waals surface area contributed by atoms with Gasteiger partial charge in [0.15, 0.2) is 11.5 Å². The molecule has 10 heteroatoms. The number of methoxy groups -OCH3 is 2. The summed E-state index contributed by atoms with van der Waals surface area (Å²) in [5.41, 5.74) is 3.32. The quantitative estimate of drug-likeness (QED) is 0.263. The van der Waals surface area contributed by atoms with Crippen LogP contribution in [0.25, 0.3) is 16.9 Å². The zero-order valence-corrected chi connectivity index (χ0v) is 26.6. The van der Waals surface area contributed by atoms with Crippen LogP contribution in [0.3, 0.4) is 0 Å². The third kappa shape index (κ3) is 7.35. The largest absolute Gasteiger partial charge is 0.493 e. The molecule has 0 spiro atoms. The summed E-state index contributed by atoms with van der Waals surface area (Å²) in [5.74, 6) is 1.06. The summed E-state index contributed by atoms with van der Waals surface area (Å²) in [6, 6.07) is 24.3. The van der Waals surface area contributed by atoms with E-state index in [1.807, 2.05) is 103 Å². The van der Waals surface area contributed by atoms with Crippen LogP contribution in [-0.2, 0) is 9.59 Å². The second kappa shape index (κ2) is 14.4. The molecule has 1 atom stereocenters. The molecule has 3 aromatic carbocycles. The first kappa shape index (κ1) is 31.7. The predicted molar refractivity (Wildman–Crippen MR) is 176 cm³/mol. The van der Waals surface area contributed by atoms with Gasteiger partial charge in [-0.3, -0.25) is 24.4 Å². The minimum Gasteiger partial charge on any atom is -0.493 e. The topological polar surface area (TPSA) is 92.2 Å². The van der Waals surface area contributed by atoms with Crippen LogP contribution >= 0.6 is 0 Å². The number of imidazole rings is 1. The van der Waals surface area contributed by atoms with Gasteiger partial charge in [0, 0.05) is 49.7 Å². The lowest BCUT2D eigenvalue weighted by molar-refractivity contribution is -0.142. The summed E-state index contributed by atoms with van der Waals surface area (Å²) < 4.78 is 12.9. The van der Waals surface area contributed by atoms with Gasteiger partial charge in [-0.05, 0) is 50.7 Å². The molecule has 2 heterocycles. The predicted octanol–water partition coefficient (Wildman–Crippen LogP) is 4.72. The molecule has 1 unspecified atom stereocenters. The van der Waals surface area contributed by atoms with Gasteiger partial charge in [0.2, 0.25) is 17.8 Å². The van der Waals surface area contributed by atoms with Crippen molar-refractivity contribution in [2.45, 2.75) is 25.9 Å². The minimum absolute atomic E-state index is 0.129. The molecule has 10 nitrogen and oxygen atoms in total. The summed E-state index contributed by atoms with van der Waals surface area (Å²) >= 11 is 0. The van der Waals surface area contributed by atoms with Crippen molar-refractivity contribution in [1.82, 2.24) is 24.3 Å². The van der Waals surface area contributed by atoms with E-state index >= 15 is 0 Å². The van der Waals surface area contributed by atoms with E-state index in [4.69, 9.17) is 14.5 Å². The van der Waals surface area contributed by atoms with Crippen molar-refractivity contribution in [3.63, 3.8) is 0 Å². The third-order valence-corrected chi connectivity index (χ3v) is 8.14. The summed E-state index contributed by atoms with van der Waals surface area (Å²) in [7, 11) is 5.26. The Bertz CT molecular complexity index is 1580. The van der Waals surface area contributed by atoms with Crippen molar-refractivity contribution < 1.29 is 19.1 Å². The van der Waals surface area contributed by atoms with Crippen molar-refractivity contribution in [3.8, 4) is 28.4 Å². The molecule has 0 aliphatic carbocycles. The number of piperazine rings is 1. The number of ether oxygens (including phenoxy) is 2. The number of para-hydroxylation sites is 1. The number of nitrogens with zero attached hydrogens (tertiary/aromatic N) is 5. The zero-order valence-electron chi connectivity index (χ0n) is 26.6. The van der Waals surface area contributed by atoms with Crippen LogP contribution < -0.4 is 14.8 Å². The van der Waals surface area contributed by atoms with Crippen LogP contribution in [0.1, 0.15) is 25.5 Å². The van der Waals surface area contributed by atoms with Crippen molar-refractivity contribution in [2.24, 2.45) is 0 Å². The molecule has 45 heavy (non-hydrogen) atoms. The fraction of sp³-hybridized carbons (Fsp3) is 0.343. The molecule has 1 aliphatic heterocycles. The molecule has 0 radical (unpaired) electrons. The number of rotatable bonds is 11. The van der Waals surface area contributed by atoms with Crippen LogP contribution in [-0.4, -0.2) is 96.1 Å². The van der Waals surface area contributed by atoms with Gasteiger partial charge in [-0.2, -0.15) is 0 Å². The van der Waals surface area contributed by atoms with Gasteiger partial charge in [-0.25, -0.2) is 4.98 Å². The van der Waals surface area contributed by atoms with Crippen molar-refractivity contribution in [2.75, 3.05) is 59.3 Å². The number of carbonyl (C=O) groups is 2. The van der Waals surface area contributed by atoms with Gasteiger partial charge in [0.05, 0.1) is 19.9 Å². The van der Waals surface area contributed by atoms with E-state index in [1.165, 1.54) is 0 Å². The van der Waals surface area contributed by atoms with Gasteiger partial charge < -0.3 is 19.3 Å². The summed E-state index contributed by atoms with van der Waals surface area (Å²) in [4.78, 5) is 39.0. The molecule has 2 amide bonds. The Kier molecular flexibility index (Phi) is 10.2. The molecule has 5 rings (SSSR count).